The van der Waals surface area contributed by atoms with Crippen LogP contribution in [-0.4, -0.2) is 22.2 Å². The zero-order valence-electron chi connectivity index (χ0n) is 14.0. The topological polar surface area (TPSA) is 64.1 Å². The number of benzene rings is 1. The highest BCUT2D eigenvalue weighted by atomic mass is 32.1. The van der Waals surface area contributed by atoms with Gasteiger partial charge >= 0.3 is 0 Å². The van der Waals surface area contributed by atoms with Crippen molar-refractivity contribution < 1.29 is 9.53 Å². The average molecular weight is 333 g/mol. The molecule has 1 unspecified atom stereocenters. The third kappa shape index (κ3) is 4.76. The number of aromatic nitrogens is 2. The van der Waals surface area contributed by atoms with Crippen LogP contribution in [0.1, 0.15) is 50.1 Å². The highest BCUT2D eigenvalue weighted by molar-refractivity contribution is 7.15. The summed E-state index contributed by atoms with van der Waals surface area (Å²) in [6, 6.07) is 7.61. The Hall–Kier alpha value is -1.95. The molecule has 2 rings (SSSR count). The average Bonchev–Trinajstić information content (AvgIpc) is 2.99. The van der Waals surface area contributed by atoms with Crippen LogP contribution in [0.4, 0.5) is 5.13 Å². The van der Waals surface area contributed by atoms with Gasteiger partial charge in [0.05, 0.1) is 0 Å². The highest BCUT2D eigenvalue weighted by Crippen LogP contribution is 2.28. The summed E-state index contributed by atoms with van der Waals surface area (Å²) in [6.45, 7) is 7.99. The minimum absolute atomic E-state index is 0.224. The molecule has 2 aromatic rings. The number of hydrogen-bond acceptors (Lipinski definition) is 5. The molecule has 1 heterocycles. The molecule has 1 amide bonds. The molecule has 6 heteroatoms. The van der Waals surface area contributed by atoms with E-state index in [9.17, 15) is 4.79 Å². The first-order chi connectivity index (χ1) is 11.0. The number of carbonyl (C=O) groups is 1. The lowest BCUT2D eigenvalue weighted by Crippen LogP contribution is -2.30. The lowest BCUT2D eigenvalue weighted by Gasteiger charge is -2.13. The molecule has 23 heavy (non-hydrogen) atoms. The number of hydrogen-bond donors (Lipinski definition) is 1. The molecule has 1 atom stereocenters. The molecular formula is C17H23N3O2S. The van der Waals surface area contributed by atoms with E-state index in [2.05, 4.69) is 29.4 Å². The van der Waals surface area contributed by atoms with Crippen molar-refractivity contribution in [3.8, 4) is 5.75 Å². The maximum absolute atomic E-state index is 12.2. The van der Waals surface area contributed by atoms with Crippen LogP contribution in [0.25, 0.3) is 0 Å². The predicted octanol–water partition coefficient (Wildman–Crippen LogP) is 4.16. The van der Waals surface area contributed by atoms with Crippen molar-refractivity contribution in [1.29, 1.82) is 0 Å². The standard InChI is InChI=1S/C17H23N3O2S/c1-5-13(6-2)16-19-20-17(23-16)18-15(21)12(4)22-14-9-7-11(3)8-10-14/h7-10,12-13H,5-6H2,1-4H3,(H,18,20,21). The summed E-state index contributed by atoms with van der Waals surface area (Å²) in [4.78, 5) is 12.2. The predicted molar refractivity (Wildman–Crippen MR) is 93.1 cm³/mol. The van der Waals surface area contributed by atoms with Crippen molar-refractivity contribution in [3.63, 3.8) is 0 Å². The van der Waals surface area contributed by atoms with Gasteiger partial charge in [0.1, 0.15) is 10.8 Å². The Kier molecular flexibility index (Phi) is 6.10. The molecule has 0 saturated carbocycles. The number of amides is 1. The van der Waals surface area contributed by atoms with Crippen molar-refractivity contribution in [2.75, 3.05) is 5.32 Å². The van der Waals surface area contributed by atoms with E-state index in [1.807, 2.05) is 31.2 Å². The minimum Gasteiger partial charge on any atom is -0.481 e. The molecule has 1 aromatic carbocycles. The van der Waals surface area contributed by atoms with Gasteiger partial charge in [0, 0.05) is 5.92 Å². The maximum Gasteiger partial charge on any atom is 0.266 e. The number of aryl methyl sites for hydroxylation is 1. The number of anilines is 1. The Bertz CT molecular complexity index is 636. The molecule has 0 aliphatic heterocycles. The zero-order chi connectivity index (χ0) is 16.8. The number of rotatable bonds is 7. The van der Waals surface area contributed by atoms with E-state index >= 15 is 0 Å². The van der Waals surface area contributed by atoms with E-state index in [4.69, 9.17) is 4.74 Å². The van der Waals surface area contributed by atoms with Crippen molar-refractivity contribution in [2.45, 2.75) is 52.6 Å². The van der Waals surface area contributed by atoms with E-state index in [-0.39, 0.29) is 5.91 Å². The monoisotopic (exact) mass is 333 g/mol. The van der Waals surface area contributed by atoms with Crippen LogP contribution in [0.5, 0.6) is 5.75 Å². The van der Waals surface area contributed by atoms with Gasteiger partial charge in [-0.25, -0.2) is 0 Å². The first-order valence-electron chi connectivity index (χ1n) is 7.91. The molecule has 0 spiro atoms. The van der Waals surface area contributed by atoms with E-state index in [1.165, 1.54) is 11.3 Å². The molecule has 0 aliphatic carbocycles. The van der Waals surface area contributed by atoms with E-state index < -0.39 is 6.10 Å². The van der Waals surface area contributed by atoms with Gasteiger partial charge in [-0.1, -0.05) is 42.9 Å². The lowest BCUT2D eigenvalue weighted by atomic mass is 10.1. The van der Waals surface area contributed by atoms with Crippen molar-refractivity contribution in [3.05, 3.63) is 34.8 Å². The van der Waals surface area contributed by atoms with Gasteiger partial charge in [-0.05, 0) is 38.8 Å². The fourth-order valence-electron chi connectivity index (χ4n) is 2.17. The Balaban J connectivity index is 1.94. The SMILES string of the molecule is CCC(CC)c1nnc(NC(=O)C(C)Oc2ccc(C)cc2)s1. The molecule has 0 radical (unpaired) electrons. The highest BCUT2D eigenvalue weighted by Gasteiger charge is 2.18. The molecule has 124 valence electrons. The second-order valence-corrected chi connectivity index (χ2v) is 6.53. The molecule has 0 saturated heterocycles. The Morgan fingerprint density at radius 3 is 2.48 bits per heavy atom. The molecule has 0 aliphatic rings. The van der Waals surface area contributed by atoms with Crippen molar-refractivity contribution in [1.82, 2.24) is 10.2 Å². The van der Waals surface area contributed by atoms with Crippen molar-refractivity contribution in [2.24, 2.45) is 0 Å². The summed E-state index contributed by atoms with van der Waals surface area (Å²) < 4.78 is 5.64. The number of nitrogens with one attached hydrogen (secondary N) is 1. The van der Waals surface area contributed by atoms with Crippen LogP contribution in [0.15, 0.2) is 24.3 Å². The minimum atomic E-state index is -0.599. The molecule has 1 aromatic heterocycles. The summed E-state index contributed by atoms with van der Waals surface area (Å²) in [7, 11) is 0. The van der Waals surface area contributed by atoms with Gasteiger partial charge in [-0.3, -0.25) is 10.1 Å². The Morgan fingerprint density at radius 2 is 1.87 bits per heavy atom. The largest absolute Gasteiger partial charge is 0.481 e. The van der Waals surface area contributed by atoms with Crippen LogP contribution < -0.4 is 10.1 Å². The van der Waals surface area contributed by atoms with Crippen molar-refractivity contribution >= 4 is 22.4 Å². The molecule has 1 N–H and O–H groups in total. The summed E-state index contributed by atoms with van der Waals surface area (Å²) in [5.41, 5.74) is 1.15. The smallest absolute Gasteiger partial charge is 0.266 e. The fourth-order valence-corrected chi connectivity index (χ4v) is 3.18. The Labute approximate surface area is 141 Å². The quantitative estimate of drug-likeness (QED) is 0.826. The summed E-state index contributed by atoms with van der Waals surface area (Å²) in [6.07, 6.45) is 1.44. The van der Waals surface area contributed by atoms with E-state index in [0.717, 1.165) is 23.4 Å². The van der Waals surface area contributed by atoms with Gasteiger partial charge in [-0.2, -0.15) is 0 Å². The number of ether oxygens (including phenoxy) is 1. The summed E-state index contributed by atoms with van der Waals surface area (Å²) in [5.74, 6) is 0.852. The maximum atomic E-state index is 12.2. The normalized spacial score (nSPS) is 12.2. The third-order valence-corrected chi connectivity index (χ3v) is 4.71. The van der Waals surface area contributed by atoms with Crippen LogP contribution in [0, 0.1) is 6.92 Å². The number of nitrogens with zero attached hydrogens (tertiary/aromatic N) is 2. The lowest BCUT2D eigenvalue weighted by molar-refractivity contribution is -0.122. The van der Waals surface area contributed by atoms with Gasteiger partial charge in [-0.15, -0.1) is 10.2 Å². The first-order valence-corrected chi connectivity index (χ1v) is 8.72. The molecular weight excluding hydrogens is 310 g/mol. The Morgan fingerprint density at radius 1 is 1.22 bits per heavy atom. The van der Waals surface area contributed by atoms with E-state index in [1.54, 1.807) is 6.92 Å². The van der Waals surface area contributed by atoms with Crippen LogP contribution in [0.2, 0.25) is 0 Å². The molecule has 0 bridgehead atoms. The first kappa shape index (κ1) is 17.4. The third-order valence-electron chi connectivity index (χ3n) is 3.71. The fraction of sp³-hybridized carbons (Fsp3) is 0.471. The summed E-state index contributed by atoms with van der Waals surface area (Å²) >= 11 is 1.43. The second kappa shape index (κ2) is 8.06. The van der Waals surface area contributed by atoms with Gasteiger partial charge in [0.2, 0.25) is 5.13 Å². The number of carbonyl (C=O) groups excluding carboxylic acids is 1. The van der Waals surface area contributed by atoms with Gasteiger partial charge < -0.3 is 4.74 Å². The van der Waals surface area contributed by atoms with Gasteiger partial charge in [0.25, 0.3) is 5.91 Å². The van der Waals surface area contributed by atoms with E-state index in [0.29, 0.717) is 16.8 Å². The zero-order valence-corrected chi connectivity index (χ0v) is 14.8. The van der Waals surface area contributed by atoms with Crippen LogP contribution in [0.3, 0.4) is 0 Å². The molecule has 0 fully saturated rings. The van der Waals surface area contributed by atoms with Crippen LogP contribution in [-0.2, 0) is 4.79 Å². The molecule has 5 nitrogen and oxygen atoms in total. The summed E-state index contributed by atoms with van der Waals surface area (Å²) in [5, 5.41) is 12.5. The van der Waals surface area contributed by atoms with Gasteiger partial charge in [0.15, 0.2) is 6.10 Å². The second-order valence-electron chi connectivity index (χ2n) is 5.52. The van der Waals surface area contributed by atoms with Crippen LogP contribution >= 0.6 is 11.3 Å².